The zero-order valence-corrected chi connectivity index (χ0v) is 12.7. The summed E-state index contributed by atoms with van der Waals surface area (Å²) in [5, 5.41) is 15.4. The minimum absolute atomic E-state index is 0.120. The number of likely N-dealkylation sites (tertiary alicyclic amines) is 1. The van der Waals surface area contributed by atoms with E-state index in [1.54, 1.807) is 25.3 Å². The molecule has 0 spiro atoms. The molecule has 1 fully saturated rings. The minimum atomic E-state index is -0.357. The summed E-state index contributed by atoms with van der Waals surface area (Å²) in [6, 6.07) is 5.27. The number of nitro groups is 1. The second-order valence-corrected chi connectivity index (χ2v) is 5.70. The van der Waals surface area contributed by atoms with Crippen molar-refractivity contribution in [3.8, 4) is 0 Å². The Hall–Kier alpha value is -2.21. The van der Waals surface area contributed by atoms with Crippen LogP contribution >= 0.6 is 0 Å². The van der Waals surface area contributed by atoms with Gasteiger partial charge in [-0.05, 0) is 45.0 Å². The first kappa shape index (κ1) is 14.7. The Morgan fingerprint density at radius 1 is 1.32 bits per heavy atom. The van der Waals surface area contributed by atoms with Gasteiger partial charge in [-0.3, -0.25) is 15.1 Å². The molecule has 1 aromatic heterocycles. The quantitative estimate of drug-likeness (QED) is 0.679. The standard InChI is InChI=1S/C16H20N4O2/c1-12-15(20(21)22)5-4-13-14(6-7-18-16(12)13)17-8-11-19-9-2-3-10-19/h4-7H,2-3,8-11H2,1H3,(H,17,18). The average Bonchev–Trinajstić information content (AvgIpc) is 3.01. The molecule has 1 aliphatic heterocycles. The van der Waals surface area contributed by atoms with Gasteiger partial charge >= 0.3 is 0 Å². The lowest BCUT2D eigenvalue weighted by Crippen LogP contribution is -2.26. The van der Waals surface area contributed by atoms with E-state index < -0.39 is 0 Å². The zero-order valence-electron chi connectivity index (χ0n) is 12.7. The lowest BCUT2D eigenvalue weighted by atomic mass is 10.1. The molecular weight excluding hydrogens is 280 g/mol. The number of anilines is 1. The molecule has 6 heteroatoms. The molecule has 116 valence electrons. The fourth-order valence-electron chi connectivity index (χ4n) is 3.06. The van der Waals surface area contributed by atoms with Crippen molar-refractivity contribution in [1.82, 2.24) is 9.88 Å². The van der Waals surface area contributed by atoms with Gasteiger partial charge in [0.05, 0.1) is 16.0 Å². The summed E-state index contributed by atoms with van der Waals surface area (Å²) < 4.78 is 0. The van der Waals surface area contributed by atoms with Crippen LogP contribution in [0.15, 0.2) is 24.4 Å². The van der Waals surface area contributed by atoms with Gasteiger partial charge in [0, 0.05) is 36.4 Å². The molecule has 1 aliphatic rings. The summed E-state index contributed by atoms with van der Waals surface area (Å²) in [5.41, 5.74) is 2.42. The summed E-state index contributed by atoms with van der Waals surface area (Å²) in [5.74, 6) is 0. The van der Waals surface area contributed by atoms with Crippen molar-refractivity contribution in [3.05, 3.63) is 40.1 Å². The number of aryl methyl sites for hydroxylation is 1. The van der Waals surface area contributed by atoms with Crippen LogP contribution in [0.3, 0.4) is 0 Å². The van der Waals surface area contributed by atoms with Gasteiger partial charge in [-0.1, -0.05) is 0 Å². The first-order chi connectivity index (χ1) is 10.7. The first-order valence-corrected chi connectivity index (χ1v) is 7.66. The predicted molar refractivity (Wildman–Crippen MR) is 87.3 cm³/mol. The molecule has 22 heavy (non-hydrogen) atoms. The van der Waals surface area contributed by atoms with Crippen LogP contribution in [0.4, 0.5) is 11.4 Å². The van der Waals surface area contributed by atoms with Crippen molar-refractivity contribution >= 4 is 22.3 Å². The molecule has 2 heterocycles. The monoisotopic (exact) mass is 300 g/mol. The number of hydrogen-bond acceptors (Lipinski definition) is 5. The highest BCUT2D eigenvalue weighted by Gasteiger charge is 2.15. The maximum Gasteiger partial charge on any atom is 0.274 e. The number of rotatable bonds is 5. The lowest BCUT2D eigenvalue weighted by molar-refractivity contribution is -0.385. The van der Waals surface area contributed by atoms with Gasteiger partial charge in [-0.25, -0.2) is 0 Å². The fraction of sp³-hybridized carbons (Fsp3) is 0.438. The van der Waals surface area contributed by atoms with E-state index in [1.165, 1.54) is 25.9 Å². The molecule has 0 aliphatic carbocycles. The molecule has 0 bridgehead atoms. The van der Waals surface area contributed by atoms with E-state index in [9.17, 15) is 10.1 Å². The van der Waals surface area contributed by atoms with Crippen LogP contribution in [0.1, 0.15) is 18.4 Å². The van der Waals surface area contributed by atoms with Gasteiger partial charge in [-0.15, -0.1) is 0 Å². The van der Waals surface area contributed by atoms with Crippen LogP contribution in [-0.2, 0) is 0 Å². The Balaban J connectivity index is 1.80. The molecule has 0 amide bonds. The number of pyridine rings is 1. The van der Waals surface area contributed by atoms with E-state index in [0.717, 1.165) is 24.2 Å². The van der Waals surface area contributed by atoms with Crippen molar-refractivity contribution in [1.29, 1.82) is 0 Å². The van der Waals surface area contributed by atoms with Gasteiger partial charge in [0.1, 0.15) is 0 Å². The lowest BCUT2D eigenvalue weighted by Gasteiger charge is -2.16. The van der Waals surface area contributed by atoms with Gasteiger partial charge in [0.15, 0.2) is 0 Å². The smallest absolute Gasteiger partial charge is 0.274 e. The Morgan fingerprint density at radius 2 is 2.09 bits per heavy atom. The van der Waals surface area contributed by atoms with Gasteiger partial charge in [-0.2, -0.15) is 0 Å². The Bertz CT molecular complexity index is 696. The Kier molecular flexibility index (Phi) is 4.20. The Labute approximate surface area is 129 Å². The Morgan fingerprint density at radius 3 is 2.82 bits per heavy atom. The predicted octanol–water partition coefficient (Wildman–Crippen LogP) is 2.96. The van der Waals surface area contributed by atoms with Gasteiger partial charge < -0.3 is 10.2 Å². The number of hydrogen-bond donors (Lipinski definition) is 1. The molecule has 0 atom stereocenters. The second-order valence-electron chi connectivity index (χ2n) is 5.70. The highest BCUT2D eigenvalue weighted by Crippen LogP contribution is 2.29. The molecule has 0 saturated carbocycles. The van der Waals surface area contributed by atoms with Gasteiger partial charge in [0.25, 0.3) is 5.69 Å². The molecular formula is C16H20N4O2. The normalized spacial score (nSPS) is 15.3. The number of nitro benzene ring substituents is 1. The van der Waals surface area contributed by atoms with E-state index in [2.05, 4.69) is 15.2 Å². The third kappa shape index (κ3) is 2.87. The second kappa shape index (κ2) is 6.27. The maximum atomic E-state index is 11.0. The molecule has 0 radical (unpaired) electrons. The van der Waals surface area contributed by atoms with Crippen LogP contribution in [0.5, 0.6) is 0 Å². The topological polar surface area (TPSA) is 71.3 Å². The number of aromatic nitrogens is 1. The molecule has 0 unspecified atom stereocenters. The SMILES string of the molecule is Cc1c([N+](=O)[O-])ccc2c(NCCN3CCCC3)ccnc12. The van der Waals surface area contributed by atoms with E-state index in [4.69, 9.17) is 0 Å². The van der Waals surface area contributed by atoms with Crippen LogP contribution in [-0.4, -0.2) is 41.0 Å². The summed E-state index contributed by atoms with van der Waals surface area (Å²) >= 11 is 0. The third-order valence-electron chi connectivity index (χ3n) is 4.28. The number of benzene rings is 1. The number of nitrogens with one attached hydrogen (secondary N) is 1. The third-order valence-corrected chi connectivity index (χ3v) is 4.28. The summed E-state index contributed by atoms with van der Waals surface area (Å²) in [7, 11) is 0. The first-order valence-electron chi connectivity index (χ1n) is 7.66. The molecule has 1 saturated heterocycles. The van der Waals surface area contributed by atoms with Crippen molar-refractivity contribution in [2.45, 2.75) is 19.8 Å². The molecule has 2 aromatic rings. The van der Waals surface area contributed by atoms with E-state index in [0.29, 0.717) is 11.1 Å². The zero-order chi connectivity index (χ0) is 15.5. The summed E-state index contributed by atoms with van der Waals surface area (Å²) in [6.07, 6.45) is 4.29. The van der Waals surface area contributed by atoms with Crippen LogP contribution < -0.4 is 5.32 Å². The van der Waals surface area contributed by atoms with Crippen LogP contribution in [0.25, 0.3) is 10.9 Å². The summed E-state index contributed by atoms with van der Waals surface area (Å²) in [4.78, 5) is 17.4. The van der Waals surface area contributed by atoms with Crippen molar-refractivity contribution in [2.24, 2.45) is 0 Å². The molecule has 3 rings (SSSR count). The van der Waals surface area contributed by atoms with Crippen molar-refractivity contribution in [2.75, 3.05) is 31.5 Å². The highest BCUT2D eigenvalue weighted by atomic mass is 16.6. The molecule has 1 aromatic carbocycles. The minimum Gasteiger partial charge on any atom is -0.383 e. The van der Waals surface area contributed by atoms with Crippen molar-refractivity contribution < 1.29 is 4.92 Å². The maximum absolute atomic E-state index is 11.0. The van der Waals surface area contributed by atoms with E-state index in [-0.39, 0.29) is 10.6 Å². The number of nitrogens with zero attached hydrogens (tertiary/aromatic N) is 3. The fourth-order valence-corrected chi connectivity index (χ4v) is 3.06. The number of fused-ring (bicyclic) bond motifs is 1. The highest BCUT2D eigenvalue weighted by molar-refractivity contribution is 5.94. The van der Waals surface area contributed by atoms with E-state index >= 15 is 0 Å². The van der Waals surface area contributed by atoms with Crippen LogP contribution in [0.2, 0.25) is 0 Å². The molecule has 6 nitrogen and oxygen atoms in total. The van der Waals surface area contributed by atoms with Crippen molar-refractivity contribution in [3.63, 3.8) is 0 Å². The summed E-state index contributed by atoms with van der Waals surface area (Å²) in [6.45, 7) is 6.01. The molecule has 1 N–H and O–H groups in total. The average molecular weight is 300 g/mol. The largest absolute Gasteiger partial charge is 0.383 e. The van der Waals surface area contributed by atoms with Gasteiger partial charge in [0.2, 0.25) is 0 Å². The van der Waals surface area contributed by atoms with Crippen LogP contribution in [0, 0.1) is 17.0 Å². The van der Waals surface area contributed by atoms with E-state index in [1.807, 2.05) is 6.07 Å².